The van der Waals surface area contributed by atoms with Crippen molar-refractivity contribution in [3.05, 3.63) is 41.2 Å². The van der Waals surface area contributed by atoms with Crippen LogP contribution in [0.4, 0.5) is 5.69 Å². The van der Waals surface area contributed by atoms with Gasteiger partial charge in [-0.05, 0) is 23.9 Å². The molecule has 2 nitrogen and oxygen atoms in total. The van der Waals surface area contributed by atoms with Gasteiger partial charge in [0.2, 0.25) is 0 Å². The van der Waals surface area contributed by atoms with Gasteiger partial charge < -0.3 is 5.32 Å². The minimum atomic E-state index is 0.684. The molecule has 0 aromatic heterocycles. The van der Waals surface area contributed by atoms with Crippen LogP contribution in [0, 0.1) is 18.4 Å². The lowest BCUT2D eigenvalue weighted by Crippen LogP contribution is -2.23. The Kier molecular flexibility index (Phi) is 5.01. The Labute approximate surface area is 98.5 Å². The van der Waals surface area contributed by atoms with Gasteiger partial charge in [-0.3, -0.25) is 0 Å². The molecule has 2 heteroatoms. The normalized spacial score (nSPS) is 12.4. The molecule has 0 unspecified atom stereocenters. The molecule has 0 radical (unpaired) electrons. The van der Waals surface area contributed by atoms with E-state index < -0.39 is 0 Å². The quantitative estimate of drug-likeness (QED) is 0.744. The highest BCUT2D eigenvalue weighted by Gasteiger charge is 2.05. The summed E-state index contributed by atoms with van der Waals surface area (Å²) in [6.45, 7) is 15.6. The standard InChI is InChI=1S/C14H20N2/c1-11(2)12(3)9-16-10-13-6-5-7-14(8-13)15-4/h5-8,11-12,16H,9-10H2,1-3H3/t12-/m1/s1. The molecule has 1 N–H and O–H groups in total. The van der Waals surface area contributed by atoms with Gasteiger partial charge >= 0.3 is 0 Å². The van der Waals surface area contributed by atoms with Crippen molar-refractivity contribution < 1.29 is 0 Å². The van der Waals surface area contributed by atoms with Crippen LogP contribution in [0.15, 0.2) is 24.3 Å². The van der Waals surface area contributed by atoms with Crippen molar-refractivity contribution in [2.45, 2.75) is 27.3 Å². The summed E-state index contributed by atoms with van der Waals surface area (Å²) in [5.41, 5.74) is 1.90. The van der Waals surface area contributed by atoms with Crippen LogP contribution in [0.1, 0.15) is 26.3 Å². The van der Waals surface area contributed by atoms with Gasteiger partial charge in [0, 0.05) is 6.54 Å². The topological polar surface area (TPSA) is 16.4 Å². The minimum absolute atomic E-state index is 0.684. The zero-order chi connectivity index (χ0) is 12.0. The summed E-state index contributed by atoms with van der Waals surface area (Å²) in [6, 6.07) is 7.78. The van der Waals surface area contributed by atoms with E-state index in [-0.39, 0.29) is 0 Å². The van der Waals surface area contributed by atoms with E-state index in [1.54, 1.807) is 0 Å². The van der Waals surface area contributed by atoms with Gasteiger partial charge in [-0.25, -0.2) is 4.85 Å². The van der Waals surface area contributed by atoms with Gasteiger partial charge in [0.05, 0.1) is 6.57 Å². The average Bonchev–Trinajstić information content (AvgIpc) is 2.29. The van der Waals surface area contributed by atoms with E-state index in [2.05, 4.69) is 37.0 Å². The molecule has 1 rings (SSSR count). The van der Waals surface area contributed by atoms with Crippen molar-refractivity contribution in [3.8, 4) is 0 Å². The van der Waals surface area contributed by atoms with Gasteiger partial charge in [-0.15, -0.1) is 0 Å². The van der Waals surface area contributed by atoms with Crippen LogP contribution in [0.2, 0.25) is 0 Å². The summed E-state index contributed by atoms with van der Waals surface area (Å²) >= 11 is 0. The Bertz CT molecular complexity index is 363. The molecule has 0 amide bonds. The Balaban J connectivity index is 2.40. The maximum Gasteiger partial charge on any atom is 0.187 e. The van der Waals surface area contributed by atoms with Crippen LogP contribution >= 0.6 is 0 Å². The van der Waals surface area contributed by atoms with Crippen molar-refractivity contribution in [1.82, 2.24) is 5.32 Å². The Hall–Kier alpha value is -1.33. The third-order valence-electron chi connectivity index (χ3n) is 2.97. The zero-order valence-electron chi connectivity index (χ0n) is 10.3. The van der Waals surface area contributed by atoms with Gasteiger partial charge in [-0.1, -0.05) is 45.0 Å². The van der Waals surface area contributed by atoms with Gasteiger partial charge in [0.1, 0.15) is 0 Å². The van der Waals surface area contributed by atoms with Crippen molar-refractivity contribution in [1.29, 1.82) is 0 Å². The predicted octanol–water partition coefficient (Wildman–Crippen LogP) is 3.62. The number of benzene rings is 1. The van der Waals surface area contributed by atoms with Crippen LogP contribution in [0.5, 0.6) is 0 Å². The fourth-order valence-corrected chi connectivity index (χ4v) is 1.42. The summed E-state index contributed by atoms with van der Waals surface area (Å²) in [6.07, 6.45) is 0. The first-order valence-corrected chi connectivity index (χ1v) is 5.80. The van der Waals surface area contributed by atoms with E-state index in [0.29, 0.717) is 11.8 Å². The molecule has 1 atom stereocenters. The predicted molar refractivity (Wildman–Crippen MR) is 68.4 cm³/mol. The summed E-state index contributed by atoms with van der Waals surface area (Å²) in [5, 5.41) is 3.43. The van der Waals surface area contributed by atoms with E-state index in [9.17, 15) is 0 Å². The molecule has 0 aliphatic rings. The highest BCUT2D eigenvalue weighted by Crippen LogP contribution is 2.14. The molecule has 0 spiro atoms. The van der Waals surface area contributed by atoms with Crippen molar-refractivity contribution in [3.63, 3.8) is 0 Å². The Morgan fingerprint density at radius 2 is 2.06 bits per heavy atom. The van der Waals surface area contributed by atoms with E-state index in [4.69, 9.17) is 6.57 Å². The molecule has 1 aromatic rings. The van der Waals surface area contributed by atoms with Crippen LogP contribution < -0.4 is 5.32 Å². The lowest BCUT2D eigenvalue weighted by molar-refractivity contribution is 0.392. The molecule has 1 aromatic carbocycles. The molecule has 0 fully saturated rings. The molecule has 0 aliphatic carbocycles. The SMILES string of the molecule is [C-]#[N+]c1cccc(CNC[C@@H](C)C(C)C)c1. The maximum absolute atomic E-state index is 6.95. The first-order chi connectivity index (χ1) is 7.63. The molecule has 0 saturated carbocycles. The van der Waals surface area contributed by atoms with Crippen LogP contribution in [-0.2, 0) is 6.54 Å². The van der Waals surface area contributed by atoms with E-state index >= 15 is 0 Å². The lowest BCUT2D eigenvalue weighted by Gasteiger charge is -2.16. The van der Waals surface area contributed by atoms with E-state index in [1.807, 2.05) is 18.2 Å². The first kappa shape index (κ1) is 12.7. The molecule has 0 saturated heterocycles. The molecule has 16 heavy (non-hydrogen) atoms. The van der Waals surface area contributed by atoms with Crippen molar-refractivity contribution >= 4 is 5.69 Å². The molecule has 0 aliphatic heterocycles. The third kappa shape index (κ3) is 4.04. The lowest BCUT2D eigenvalue weighted by atomic mass is 9.98. The van der Waals surface area contributed by atoms with Gasteiger partial charge in [-0.2, -0.15) is 0 Å². The summed E-state index contributed by atoms with van der Waals surface area (Å²) in [7, 11) is 0. The first-order valence-electron chi connectivity index (χ1n) is 5.80. The number of nitrogens with zero attached hydrogens (tertiary/aromatic N) is 1. The van der Waals surface area contributed by atoms with Crippen molar-refractivity contribution in [2.75, 3.05) is 6.54 Å². The molecule has 0 bridgehead atoms. The summed E-state index contributed by atoms with van der Waals surface area (Å²) in [5.74, 6) is 1.39. The third-order valence-corrected chi connectivity index (χ3v) is 2.97. The molecular formula is C14H20N2. The maximum atomic E-state index is 6.95. The number of rotatable bonds is 5. The summed E-state index contributed by atoms with van der Waals surface area (Å²) < 4.78 is 0. The van der Waals surface area contributed by atoms with Gasteiger partial charge in [0.25, 0.3) is 0 Å². The second kappa shape index (κ2) is 6.30. The van der Waals surface area contributed by atoms with Crippen LogP contribution in [0.3, 0.4) is 0 Å². The highest BCUT2D eigenvalue weighted by molar-refractivity contribution is 5.46. The number of hydrogen-bond donors (Lipinski definition) is 1. The Morgan fingerprint density at radius 3 is 2.69 bits per heavy atom. The zero-order valence-corrected chi connectivity index (χ0v) is 10.3. The van der Waals surface area contributed by atoms with Crippen LogP contribution in [-0.4, -0.2) is 6.54 Å². The average molecular weight is 216 g/mol. The fraction of sp³-hybridized carbons (Fsp3) is 0.500. The van der Waals surface area contributed by atoms with E-state index in [0.717, 1.165) is 18.8 Å². The number of hydrogen-bond acceptors (Lipinski definition) is 1. The number of nitrogens with one attached hydrogen (secondary N) is 1. The van der Waals surface area contributed by atoms with Crippen molar-refractivity contribution in [2.24, 2.45) is 11.8 Å². The van der Waals surface area contributed by atoms with E-state index in [1.165, 1.54) is 5.56 Å². The summed E-state index contributed by atoms with van der Waals surface area (Å²) in [4.78, 5) is 3.42. The Morgan fingerprint density at radius 1 is 1.31 bits per heavy atom. The smallest absolute Gasteiger partial charge is 0.187 e. The molecule has 86 valence electrons. The monoisotopic (exact) mass is 216 g/mol. The fourth-order valence-electron chi connectivity index (χ4n) is 1.42. The molecular weight excluding hydrogens is 196 g/mol. The second-order valence-electron chi connectivity index (χ2n) is 4.63. The highest BCUT2D eigenvalue weighted by atomic mass is 14.9. The van der Waals surface area contributed by atoms with Gasteiger partial charge in [0.15, 0.2) is 5.69 Å². The largest absolute Gasteiger partial charge is 0.312 e. The molecule has 0 heterocycles. The second-order valence-corrected chi connectivity index (χ2v) is 4.63. The minimum Gasteiger partial charge on any atom is -0.312 e. The van der Waals surface area contributed by atoms with Crippen LogP contribution in [0.25, 0.3) is 4.85 Å².